The predicted molar refractivity (Wildman–Crippen MR) is 81.7 cm³/mol. The fourth-order valence-corrected chi connectivity index (χ4v) is 3.36. The zero-order chi connectivity index (χ0) is 14.6. The van der Waals surface area contributed by atoms with Gasteiger partial charge in [-0.2, -0.15) is 8.42 Å². The lowest BCUT2D eigenvalue weighted by molar-refractivity contribution is 0.0638. The largest absolute Gasteiger partial charge is 0.378 e. The summed E-state index contributed by atoms with van der Waals surface area (Å²) in [6.45, 7) is 2.50. The van der Waals surface area contributed by atoms with E-state index in [4.69, 9.17) is 8.92 Å². The summed E-state index contributed by atoms with van der Waals surface area (Å²) in [7, 11) is -3.41. The van der Waals surface area contributed by atoms with Crippen LogP contribution in [-0.2, 0) is 25.5 Å². The summed E-state index contributed by atoms with van der Waals surface area (Å²) in [6, 6.07) is 8.47. The van der Waals surface area contributed by atoms with Gasteiger partial charge in [-0.05, 0) is 41.8 Å². The lowest BCUT2D eigenvalue weighted by Crippen LogP contribution is -2.20. The fourth-order valence-electron chi connectivity index (χ4n) is 1.94. The highest BCUT2D eigenvalue weighted by atomic mass is 32.2. The van der Waals surface area contributed by atoms with Crippen molar-refractivity contribution in [2.45, 2.75) is 19.4 Å². The lowest BCUT2D eigenvalue weighted by Gasteiger charge is -2.11. The molecule has 2 rings (SSSR count). The molecule has 1 aromatic heterocycles. The van der Waals surface area contributed by atoms with Crippen LogP contribution in [-0.4, -0.2) is 34.0 Å². The van der Waals surface area contributed by atoms with E-state index in [2.05, 4.69) is 29.6 Å². The quantitative estimate of drug-likeness (QED) is 0.582. The molecule has 6 heteroatoms. The first kappa shape index (κ1) is 15.4. The molecule has 110 valence electrons. The molecule has 1 heterocycles. The molecule has 0 radical (unpaired) electrons. The van der Waals surface area contributed by atoms with Crippen LogP contribution in [0.15, 0.2) is 29.6 Å². The molecule has 0 fully saturated rings. The molecule has 2 aromatic rings. The molecule has 0 saturated carbocycles. The molecule has 0 aliphatic heterocycles. The third kappa shape index (κ3) is 4.86. The first-order chi connectivity index (χ1) is 9.44. The van der Waals surface area contributed by atoms with Crippen molar-refractivity contribution >= 4 is 31.5 Å². The minimum atomic E-state index is -3.41. The first-order valence-electron chi connectivity index (χ1n) is 6.36. The average Bonchev–Trinajstić information content (AvgIpc) is 2.79. The Labute approximate surface area is 123 Å². The molecule has 1 atom stereocenters. The molecule has 0 aliphatic rings. The Balaban J connectivity index is 1.75. The molecule has 0 spiro atoms. The first-order valence-corrected chi connectivity index (χ1v) is 9.06. The monoisotopic (exact) mass is 314 g/mol. The standard InChI is InChI=1S/C14H18O4S2/c1-11(18-20(2,15)16)10-17-7-5-12-3-4-14-13(9-12)6-8-19-14/h3-4,6,8-9,11H,5,7,10H2,1-2H3. The van der Waals surface area contributed by atoms with Crippen molar-refractivity contribution in [3.63, 3.8) is 0 Å². The van der Waals surface area contributed by atoms with E-state index in [-0.39, 0.29) is 6.61 Å². The molecule has 4 nitrogen and oxygen atoms in total. The second kappa shape index (κ2) is 6.67. The van der Waals surface area contributed by atoms with E-state index >= 15 is 0 Å². The molecule has 20 heavy (non-hydrogen) atoms. The summed E-state index contributed by atoms with van der Waals surface area (Å²) in [6.07, 6.45) is 1.39. The Morgan fingerprint density at radius 3 is 2.85 bits per heavy atom. The Bertz CT molecular complexity index is 661. The van der Waals surface area contributed by atoms with Crippen LogP contribution in [0.5, 0.6) is 0 Å². The van der Waals surface area contributed by atoms with Crippen molar-refractivity contribution in [1.82, 2.24) is 0 Å². The normalized spacial score (nSPS) is 13.7. The minimum Gasteiger partial charge on any atom is -0.378 e. The zero-order valence-corrected chi connectivity index (χ0v) is 13.2. The predicted octanol–water partition coefficient (Wildman–Crippen LogP) is 2.83. The van der Waals surface area contributed by atoms with Gasteiger partial charge in [0.1, 0.15) is 0 Å². The van der Waals surface area contributed by atoms with Crippen LogP contribution < -0.4 is 0 Å². The third-order valence-electron chi connectivity index (χ3n) is 2.74. The number of ether oxygens (including phenoxy) is 1. The molecule has 0 saturated heterocycles. The highest BCUT2D eigenvalue weighted by Crippen LogP contribution is 2.21. The van der Waals surface area contributed by atoms with Gasteiger partial charge in [-0.25, -0.2) is 0 Å². The molecule has 0 amide bonds. The van der Waals surface area contributed by atoms with Crippen LogP contribution in [0.4, 0.5) is 0 Å². The number of hydrogen-bond donors (Lipinski definition) is 0. The van der Waals surface area contributed by atoms with E-state index in [1.807, 2.05) is 0 Å². The lowest BCUT2D eigenvalue weighted by atomic mass is 10.1. The SMILES string of the molecule is CC(COCCc1ccc2sccc2c1)OS(C)(=O)=O. The average molecular weight is 314 g/mol. The summed E-state index contributed by atoms with van der Waals surface area (Å²) in [5, 5.41) is 3.33. The van der Waals surface area contributed by atoms with Crippen molar-refractivity contribution in [3.8, 4) is 0 Å². The molecule has 0 N–H and O–H groups in total. The smallest absolute Gasteiger partial charge is 0.264 e. The Hall–Kier alpha value is -0.950. The van der Waals surface area contributed by atoms with Crippen molar-refractivity contribution < 1.29 is 17.3 Å². The van der Waals surface area contributed by atoms with Gasteiger partial charge in [0.15, 0.2) is 0 Å². The van der Waals surface area contributed by atoms with Gasteiger partial charge in [0.2, 0.25) is 0 Å². The topological polar surface area (TPSA) is 52.6 Å². The summed E-state index contributed by atoms with van der Waals surface area (Å²) in [5.41, 5.74) is 1.22. The number of fused-ring (bicyclic) bond motifs is 1. The molecule has 1 unspecified atom stereocenters. The van der Waals surface area contributed by atoms with Crippen LogP contribution in [0, 0.1) is 0 Å². The summed E-state index contributed by atoms with van der Waals surface area (Å²) in [4.78, 5) is 0. The molecule has 0 aliphatic carbocycles. The summed E-state index contributed by atoms with van der Waals surface area (Å²) in [5.74, 6) is 0. The van der Waals surface area contributed by atoms with Crippen molar-refractivity contribution in [1.29, 1.82) is 0 Å². The maximum atomic E-state index is 10.9. The van der Waals surface area contributed by atoms with Crippen LogP contribution in [0.3, 0.4) is 0 Å². The van der Waals surface area contributed by atoms with Gasteiger partial charge >= 0.3 is 0 Å². The zero-order valence-electron chi connectivity index (χ0n) is 11.5. The van der Waals surface area contributed by atoms with Crippen LogP contribution >= 0.6 is 11.3 Å². The highest BCUT2D eigenvalue weighted by molar-refractivity contribution is 7.86. The van der Waals surface area contributed by atoms with E-state index in [9.17, 15) is 8.42 Å². The van der Waals surface area contributed by atoms with E-state index in [0.717, 1.165) is 12.7 Å². The van der Waals surface area contributed by atoms with Crippen molar-refractivity contribution in [3.05, 3.63) is 35.2 Å². The van der Waals surface area contributed by atoms with Gasteiger partial charge in [-0.3, -0.25) is 4.18 Å². The van der Waals surface area contributed by atoms with E-state index in [0.29, 0.717) is 6.61 Å². The Kier molecular flexibility index (Phi) is 5.15. The van der Waals surface area contributed by atoms with Gasteiger partial charge in [-0.15, -0.1) is 11.3 Å². The molecular formula is C14H18O4S2. The van der Waals surface area contributed by atoms with Gasteiger partial charge in [0.25, 0.3) is 10.1 Å². The van der Waals surface area contributed by atoms with Crippen molar-refractivity contribution in [2.75, 3.05) is 19.5 Å². The maximum Gasteiger partial charge on any atom is 0.264 e. The fraction of sp³-hybridized carbons (Fsp3) is 0.429. The number of thiophene rings is 1. The summed E-state index contributed by atoms with van der Waals surface area (Å²) < 4.78 is 33.4. The third-order valence-corrected chi connectivity index (χ3v) is 4.32. The Morgan fingerprint density at radius 1 is 1.30 bits per heavy atom. The van der Waals surface area contributed by atoms with Crippen LogP contribution in [0.25, 0.3) is 10.1 Å². The second-order valence-corrected chi connectivity index (χ2v) is 7.28. The maximum absolute atomic E-state index is 10.9. The second-order valence-electron chi connectivity index (χ2n) is 4.73. The minimum absolute atomic E-state index is 0.272. The van der Waals surface area contributed by atoms with Gasteiger partial charge < -0.3 is 4.74 Å². The van der Waals surface area contributed by atoms with E-state index in [1.54, 1.807) is 18.3 Å². The van der Waals surface area contributed by atoms with Crippen molar-refractivity contribution in [2.24, 2.45) is 0 Å². The molecule has 0 bridgehead atoms. The van der Waals surface area contributed by atoms with Crippen LogP contribution in [0.2, 0.25) is 0 Å². The van der Waals surface area contributed by atoms with E-state index < -0.39 is 16.2 Å². The van der Waals surface area contributed by atoms with E-state index in [1.165, 1.54) is 15.6 Å². The van der Waals surface area contributed by atoms with Crippen LogP contribution in [0.1, 0.15) is 12.5 Å². The summed E-state index contributed by atoms with van der Waals surface area (Å²) >= 11 is 1.73. The molecule has 1 aromatic carbocycles. The van der Waals surface area contributed by atoms with Gasteiger partial charge in [0, 0.05) is 4.70 Å². The molecular weight excluding hydrogens is 296 g/mol. The van der Waals surface area contributed by atoms with Gasteiger partial charge in [-0.1, -0.05) is 12.1 Å². The Morgan fingerprint density at radius 2 is 2.10 bits per heavy atom. The number of benzene rings is 1. The highest BCUT2D eigenvalue weighted by Gasteiger charge is 2.10. The van der Waals surface area contributed by atoms with Gasteiger partial charge in [0.05, 0.1) is 25.6 Å². The number of rotatable bonds is 7. The number of hydrogen-bond acceptors (Lipinski definition) is 5.